The minimum absolute atomic E-state index is 0.0166. The number of rotatable bonds is 7. The maximum Gasteiger partial charge on any atom is 0.260 e. The summed E-state index contributed by atoms with van der Waals surface area (Å²) in [6, 6.07) is 12.3. The second-order valence-electron chi connectivity index (χ2n) is 9.55. The SMILES string of the molecule is C[C@@]1(Cc2ccc(Br)cc2)C(=O)N(c2cc(Cl)cc(Cl)c2)c2ncc(S(=O)(=O)N3CCN(CCO)CC3)n21. The monoisotopic (exact) mass is 641 g/mol. The fourth-order valence-corrected chi connectivity index (χ4v) is 7.47. The number of carbonyl (C=O) groups excluding carboxylic acids is 1. The van der Waals surface area contributed by atoms with Crippen molar-refractivity contribution in [2.45, 2.75) is 23.9 Å². The van der Waals surface area contributed by atoms with E-state index in [-0.39, 0.29) is 43.0 Å². The Hall–Kier alpha value is -1.99. The van der Waals surface area contributed by atoms with Gasteiger partial charge in [0.25, 0.3) is 15.9 Å². The molecule has 1 amide bonds. The highest BCUT2D eigenvalue weighted by atomic mass is 79.9. The van der Waals surface area contributed by atoms with Crippen molar-refractivity contribution in [1.29, 1.82) is 0 Å². The molecule has 0 aliphatic carbocycles. The van der Waals surface area contributed by atoms with Crippen LogP contribution in [0.25, 0.3) is 0 Å². The van der Waals surface area contributed by atoms with Crippen LogP contribution in [0.5, 0.6) is 0 Å². The number of hydrogen-bond acceptors (Lipinski definition) is 6. The van der Waals surface area contributed by atoms with Crippen LogP contribution in [0.4, 0.5) is 11.6 Å². The number of nitrogens with zero attached hydrogens (tertiary/aromatic N) is 5. The molecular weight excluding hydrogens is 617 g/mol. The number of halogens is 3. The predicted octanol–water partition coefficient (Wildman–Crippen LogP) is 3.89. The number of hydrogen-bond donors (Lipinski definition) is 1. The van der Waals surface area contributed by atoms with Gasteiger partial charge >= 0.3 is 0 Å². The predicted molar refractivity (Wildman–Crippen MR) is 150 cm³/mol. The van der Waals surface area contributed by atoms with Crippen LogP contribution in [-0.2, 0) is 26.8 Å². The zero-order valence-electron chi connectivity index (χ0n) is 20.5. The van der Waals surface area contributed by atoms with E-state index in [9.17, 15) is 18.3 Å². The third-order valence-electron chi connectivity index (χ3n) is 6.99. The lowest BCUT2D eigenvalue weighted by molar-refractivity contribution is -0.124. The van der Waals surface area contributed by atoms with E-state index < -0.39 is 15.6 Å². The van der Waals surface area contributed by atoms with Crippen molar-refractivity contribution in [3.05, 3.63) is 68.7 Å². The van der Waals surface area contributed by atoms with Crippen LogP contribution in [-0.4, -0.2) is 77.5 Å². The highest BCUT2D eigenvalue weighted by Crippen LogP contribution is 2.45. The largest absolute Gasteiger partial charge is 0.395 e. The molecule has 0 saturated carbocycles. The molecule has 3 aromatic rings. The van der Waals surface area contributed by atoms with Gasteiger partial charge in [-0.3, -0.25) is 14.3 Å². The van der Waals surface area contributed by atoms with E-state index in [0.717, 1.165) is 10.0 Å². The molecule has 2 aliphatic rings. The van der Waals surface area contributed by atoms with Gasteiger partial charge in [-0.25, -0.2) is 18.3 Å². The first-order valence-corrected chi connectivity index (χ1v) is 15.0. The van der Waals surface area contributed by atoms with Gasteiger partial charge in [0, 0.05) is 53.7 Å². The molecule has 0 bridgehead atoms. The first kappa shape index (κ1) is 27.6. The molecule has 38 heavy (non-hydrogen) atoms. The molecular formula is C25H26BrCl2N5O4S. The van der Waals surface area contributed by atoms with Crippen LogP contribution in [0.1, 0.15) is 12.5 Å². The molecule has 1 saturated heterocycles. The van der Waals surface area contributed by atoms with E-state index in [2.05, 4.69) is 20.9 Å². The highest BCUT2D eigenvalue weighted by molar-refractivity contribution is 9.10. The van der Waals surface area contributed by atoms with Gasteiger partial charge in [-0.1, -0.05) is 51.3 Å². The molecule has 1 aromatic heterocycles. The minimum Gasteiger partial charge on any atom is -0.395 e. The Morgan fingerprint density at radius 1 is 1.05 bits per heavy atom. The van der Waals surface area contributed by atoms with E-state index in [0.29, 0.717) is 35.4 Å². The fraction of sp³-hybridized carbons (Fsp3) is 0.360. The zero-order chi connectivity index (χ0) is 27.2. The van der Waals surface area contributed by atoms with Gasteiger partial charge in [0.1, 0.15) is 5.54 Å². The second-order valence-corrected chi connectivity index (χ2v) is 13.2. The van der Waals surface area contributed by atoms with Crippen LogP contribution in [0.3, 0.4) is 0 Å². The molecule has 202 valence electrons. The Morgan fingerprint density at radius 2 is 1.68 bits per heavy atom. The van der Waals surface area contributed by atoms with Gasteiger partial charge in [0.05, 0.1) is 18.5 Å². The summed E-state index contributed by atoms with van der Waals surface area (Å²) in [4.78, 5) is 22.0. The number of sulfonamides is 1. The number of aliphatic hydroxyl groups is 1. The third-order valence-corrected chi connectivity index (χ3v) is 9.81. The molecule has 3 heterocycles. The molecule has 0 radical (unpaired) electrons. The van der Waals surface area contributed by atoms with Crippen LogP contribution >= 0.6 is 39.1 Å². The molecule has 0 unspecified atom stereocenters. The summed E-state index contributed by atoms with van der Waals surface area (Å²) in [7, 11) is -3.99. The lowest BCUT2D eigenvalue weighted by Crippen LogP contribution is -2.50. The number of amides is 1. The second kappa shape index (κ2) is 10.5. The quantitative estimate of drug-likeness (QED) is 0.420. The summed E-state index contributed by atoms with van der Waals surface area (Å²) < 4.78 is 31.7. The van der Waals surface area contributed by atoms with Crippen molar-refractivity contribution in [3.8, 4) is 0 Å². The van der Waals surface area contributed by atoms with E-state index in [1.54, 1.807) is 25.1 Å². The highest BCUT2D eigenvalue weighted by Gasteiger charge is 2.52. The van der Waals surface area contributed by atoms with Crippen LogP contribution in [0.2, 0.25) is 10.0 Å². The van der Waals surface area contributed by atoms with E-state index >= 15 is 0 Å². The van der Waals surface area contributed by atoms with E-state index in [1.807, 2.05) is 29.2 Å². The summed E-state index contributed by atoms with van der Waals surface area (Å²) in [5, 5.41) is 9.86. The summed E-state index contributed by atoms with van der Waals surface area (Å²) in [5.41, 5.74) is -0.0358. The van der Waals surface area contributed by atoms with Crippen LogP contribution in [0, 0.1) is 0 Å². The number of β-amino-alcohol motifs (C(OH)–C–C–N with tert-alkyl or cyclic N) is 1. The average Bonchev–Trinajstić information content (AvgIpc) is 3.39. The zero-order valence-corrected chi connectivity index (χ0v) is 24.4. The van der Waals surface area contributed by atoms with Crippen molar-refractivity contribution in [2.24, 2.45) is 0 Å². The number of benzene rings is 2. The van der Waals surface area contributed by atoms with Crippen LogP contribution in [0.15, 0.2) is 58.2 Å². The molecule has 0 spiro atoms. The minimum atomic E-state index is -3.99. The molecule has 1 fully saturated rings. The number of piperazine rings is 1. The third kappa shape index (κ3) is 4.90. The Labute approximate surface area is 239 Å². The average molecular weight is 643 g/mol. The molecule has 2 aromatic carbocycles. The number of aromatic nitrogens is 2. The Kier molecular flexibility index (Phi) is 7.64. The Morgan fingerprint density at radius 3 is 2.29 bits per heavy atom. The number of fused-ring (bicyclic) bond motifs is 1. The van der Waals surface area contributed by atoms with Gasteiger partial charge in [-0.2, -0.15) is 4.31 Å². The van der Waals surface area contributed by atoms with Gasteiger partial charge in [0.2, 0.25) is 5.95 Å². The molecule has 1 atom stereocenters. The fourth-order valence-electron chi connectivity index (χ4n) is 5.08. The van der Waals surface area contributed by atoms with Gasteiger partial charge in [-0.15, -0.1) is 0 Å². The Balaban J connectivity index is 1.61. The van der Waals surface area contributed by atoms with Gasteiger partial charge in [-0.05, 0) is 42.8 Å². The summed E-state index contributed by atoms with van der Waals surface area (Å²) in [6.07, 6.45) is 1.55. The maximum atomic E-state index is 14.1. The number of carbonyl (C=O) groups is 1. The van der Waals surface area contributed by atoms with Gasteiger partial charge in [0.15, 0.2) is 5.03 Å². The molecule has 13 heteroatoms. The lowest BCUT2D eigenvalue weighted by Gasteiger charge is -2.34. The van der Waals surface area contributed by atoms with Crippen molar-refractivity contribution < 1.29 is 18.3 Å². The number of aliphatic hydroxyl groups excluding tert-OH is 1. The topological polar surface area (TPSA) is 99.0 Å². The standard InChI is InChI=1S/C25H26BrCl2N5O4S/c1-25(15-17-2-4-18(26)5-3-17)23(35)32(21-13-19(27)12-20(28)14-21)24-29-16-22(33(24)25)38(36,37)31-8-6-30(7-9-31)10-11-34/h2-5,12-14,16,34H,6-11,15H2,1H3/t25-/m1/s1. The van der Waals surface area contributed by atoms with E-state index in [1.165, 1.54) is 20.0 Å². The van der Waals surface area contributed by atoms with Crippen LogP contribution < -0.4 is 4.90 Å². The van der Waals surface area contributed by atoms with Crippen molar-refractivity contribution in [2.75, 3.05) is 44.2 Å². The summed E-state index contributed by atoms with van der Waals surface area (Å²) >= 11 is 15.9. The van der Waals surface area contributed by atoms with Gasteiger partial charge < -0.3 is 5.11 Å². The maximum absolute atomic E-state index is 14.1. The molecule has 9 nitrogen and oxygen atoms in total. The smallest absolute Gasteiger partial charge is 0.260 e. The molecule has 2 aliphatic heterocycles. The number of imidazole rings is 1. The normalized spacial score (nSPS) is 20.8. The van der Waals surface area contributed by atoms with Crippen molar-refractivity contribution in [3.63, 3.8) is 0 Å². The first-order valence-electron chi connectivity index (χ1n) is 12.0. The summed E-state index contributed by atoms with van der Waals surface area (Å²) in [5.74, 6) is -0.156. The van der Waals surface area contributed by atoms with Crippen molar-refractivity contribution in [1.82, 2.24) is 18.8 Å². The summed E-state index contributed by atoms with van der Waals surface area (Å²) in [6.45, 7) is 3.79. The van der Waals surface area contributed by atoms with E-state index in [4.69, 9.17) is 23.2 Å². The molecule has 1 N–H and O–H groups in total. The first-order chi connectivity index (χ1) is 18.0. The lowest BCUT2D eigenvalue weighted by atomic mass is 9.92. The number of anilines is 2. The molecule has 5 rings (SSSR count). The Bertz CT molecular complexity index is 1460. The van der Waals surface area contributed by atoms with Crippen molar-refractivity contribution >= 4 is 66.7 Å².